The van der Waals surface area contributed by atoms with Crippen molar-refractivity contribution in [1.29, 1.82) is 0 Å². The van der Waals surface area contributed by atoms with E-state index >= 15 is 0 Å². The maximum Gasteiger partial charge on any atom is 0.311 e. The van der Waals surface area contributed by atoms with Gasteiger partial charge in [-0.3, -0.25) is 9.78 Å². The lowest BCUT2D eigenvalue weighted by Gasteiger charge is -2.04. The van der Waals surface area contributed by atoms with Crippen molar-refractivity contribution in [3.63, 3.8) is 0 Å². The van der Waals surface area contributed by atoms with Gasteiger partial charge in [-0.1, -0.05) is 29.8 Å². The molecular weight excluding hydrogens is 344 g/mol. The molecule has 5 heteroatoms. The van der Waals surface area contributed by atoms with Crippen LogP contribution in [0.5, 0.6) is 0 Å². The summed E-state index contributed by atoms with van der Waals surface area (Å²) in [5.74, 6) is -0.233. The summed E-state index contributed by atoms with van der Waals surface area (Å²) < 4.78 is 5.33. The largest absolute Gasteiger partial charge is 0.465 e. The SMILES string of the molecule is Cc1cccc(-c2nc(CC(=O)OCCCc3cccc(C)n3)cs2)c1. The fraction of sp³-hybridized carbons (Fsp3) is 0.286. The van der Waals surface area contributed by atoms with Gasteiger partial charge >= 0.3 is 5.97 Å². The van der Waals surface area contributed by atoms with E-state index in [4.69, 9.17) is 4.74 Å². The third-order valence-electron chi connectivity index (χ3n) is 3.93. The minimum absolute atomic E-state index is 0.213. The van der Waals surface area contributed by atoms with E-state index in [1.165, 1.54) is 5.56 Å². The maximum absolute atomic E-state index is 12.0. The highest BCUT2D eigenvalue weighted by molar-refractivity contribution is 7.13. The average Bonchev–Trinajstić information content (AvgIpc) is 3.07. The Hall–Kier alpha value is -2.53. The lowest BCUT2D eigenvalue weighted by Crippen LogP contribution is -2.10. The maximum atomic E-state index is 12.0. The van der Waals surface area contributed by atoms with Crippen LogP contribution in [-0.2, 0) is 22.4 Å². The van der Waals surface area contributed by atoms with E-state index in [1.807, 2.05) is 42.6 Å². The van der Waals surface area contributed by atoms with Crippen molar-refractivity contribution in [3.8, 4) is 10.6 Å². The van der Waals surface area contributed by atoms with Gasteiger partial charge in [0.25, 0.3) is 0 Å². The van der Waals surface area contributed by atoms with E-state index in [2.05, 4.69) is 29.0 Å². The van der Waals surface area contributed by atoms with Crippen molar-refractivity contribution >= 4 is 17.3 Å². The lowest BCUT2D eigenvalue weighted by atomic mass is 10.1. The summed E-state index contributed by atoms with van der Waals surface area (Å²) >= 11 is 1.55. The predicted molar refractivity (Wildman–Crippen MR) is 104 cm³/mol. The Kier molecular flexibility index (Phi) is 6.12. The Bertz CT molecular complexity index is 889. The Morgan fingerprint density at radius 1 is 1.08 bits per heavy atom. The van der Waals surface area contributed by atoms with Crippen molar-refractivity contribution in [2.75, 3.05) is 6.61 Å². The van der Waals surface area contributed by atoms with Crippen molar-refractivity contribution in [2.45, 2.75) is 33.1 Å². The van der Waals surface area contributed by atoms with Crippen LogP contribution in [0.1, 0.15) is 29.1 Å². The number of esters is 1. The van der Waals surface area contributed by atoms with Crippen LogP contribution in [0.25, 0.3) is 10.6 Å². The quantitative estimate of drug-likeness (QED) is 0.455. The number of aryl methyl sites for hydroxylation is 3. The monoisotopic (exact) mass is 366 g/mol. The number of carbonyl (C=O) groups excluding carboxylic acids is 1. The summed E-state index contributed by atoms with van der Waals surface area (Å²) in [4.78, 5) is 21.0. The topological polar surface area (TPSA) is 52.1 Å². The molecule has 2 heterocycles. The molecule has 0 N–H and O–H groups in total. The van der Waals surface area contributed by atoms with Crippen molar-refractivity contribution in [3.05, 3.63) is 70.5 Å². The first kappa shape index (κ1) is 18.3. The van der Waals surface area contributed by atoms with Gasteiger partial charge in [0.1, 0.15) is 5.01 Å². The molecule has 0 aliphatic rings. The lowest BCUT2D eigenvalue weighted by molar-refractivity contribution is -0.142. The fourth-order valence-corrected chi connectivity index (χ4v) is 3.49. The molecule has 0 saturated carbocycles. The van der Waals surface area contributed by atoms with Crippen LogP contribution in [0.3, 0.4) is 0 Å². The first-order chi connectivity index (χ1) is 12.6. The van der Waals surface area contributed by atoms with Crippen molar-refractivity contribution < 1.29 is 9.53 Å². The number of ether oxygens (including phenoxy) is 1. The van der Waals surface area contributed by atoms with Gasteiger partial charge in [0.05, 0.1) is 18.7 Å². The predicted octanol–water partition coefficient (Wildman–Crippen LogP) is 4.54. The Balaban J connectivity index is 1.45. The number of aromatic nitrogens is 2. The second kappa shape index (κ2) is 8.72. The molecule has 0 amide bonds. The molecule has 4 nitrogen and oxygen atoms in total. The van der Waals surface area contributed by atoms with Crippen LogP contribution in [0.4, 0.5) is 0 Å². The van der Waals surface area contributed by atoms with Gasteiger partial charge in [0.2, 0.25) is 0 Å². The van der Waals surface area contributed by atoms with Crippen molar-refractivity contribution in [1.82, 2.24) is 9.97 Å². The molecule has 0 fully saturated rings. The summed E-state index contributed by atoms with van der Waals surface area (Å²) in [5, 5.41) is 2.86. The number of carbonyl (C=O) groups is 1. The molecular formula is C21H22N2O2S. The molecule has 0 saturated heterocycles. The summed E-state index contributed by atoms with van der Waals surface area (Å²) in [5.41, 5.74) is 5.08. The van der Waals surface area contributed by atoms with Crippen LogP contribution in [0.2, 0.25) is 0 Å². The normalized spacial score (nSPS) is 10.7. The second-order valence-electron chi connectivity index (χ2n) is 6.28. The summed E-state index contributed by atoms with van der Waals surface area (Å²) in [6.45, 7) is 4.44. The van der Waals surface area contributed by atoms with Gasteiger partial charge in [-0.25, -0.2) is 4.98 Å². The molecule has 3 aromatic rings. The van der Waals surface area contributed by atoms with E-state index in [-0.39, 0.29) is 12.4 Å². The Labute approximate surface area is 157 Å². The van der Waals surface area contributed by atoms with Crippen LogP contribution >= 0.6 is 11.3 Å². The zero-order valence-electron chi connectivity index (χ0n) is 15.1. The van der Waals surface area contributed by atoms with E-state index in [0.717, 1.165) is 40.5 Å². The van der Waals surface area contributed by atoms with E-state index in [9.17, 15) is 4.79 Å². The molecule has 0 aliphatic carbocycles. The molecule has 0 bridgehead atoms. The zero-order chi connectivity index (χ0) is 18.4. The van der Waals surface area contributed by atoms with Crippen LogP contribution in [0, 0.1) is 13.8 Å². The number of rotatable bonds is 7. The highest BCUT2D eigenvalue weighted by Crippen LogP contribution is 2.24. The molecule has 0 radical (unpaired) electrons. The molecule has 0 aliphatic heterocycles. The molecule has 134 valence electrons. The zero-order valence-corrected chi connectivity index (χ0v) is 15.9. The van der Waals surface area contributed by atoms with Gasteiger partial charge in [-0.15, -0.1) is 11.3 Å². The summed E-state index contributed by atoms with van der Waals surface area (Å²) in [6.07, 6.45) is 1.79. The standard InChI is InChI=1S/C21H22N2O2S/c1-15-6-3-8-17(12-15)21-23-19(14-26-21)13-20(24)25-11-5-10-18-9-4-7-16(2)22-18/h3-4,6-9,12,14H,5,10-11,13H2,1-2H3. The van der Waals surface area contributed by atoms with Gasteiger partial charge in [0, 0.05) is 22.3 Å². The van der Waals surface area contributed by atoms with E-state index < -0.39 is 0 Å². The Morgan fingerprint density at radius 3 is 2.73 bits per heavy atom. The highest BCUT2D eigenvalue weighted by Gasteiger charge is 2.10. The van der Waals surface area contributed by atoms with E-state index in [1.54, 1.807) is 11.3 Å². The molecule has 0 unspecified atom stereocenters. The molecule has 26 heavy (non-hydrogen) atoms. The number of hydrogen-bond donors (Lipinski definition) is 0. The van der Waals surface area contributed by atoms with Crippen LogP contribution in [0.15, 0.2) is 47.8 Å². The summed E-state index contributed by atoms with van der Waals surface area (Å²) in [6, 6.07) is 14.2. The van der Waals surface area contributed by atoms with Crippen LogP contribution < -0.4 is 0 Å². The highest BCUT2D eigenvalue weighted by atomic mass is 32.1. The number of thiazole rings is 1. The molecule has 0 atom stereocenters. The minimum Gasteiger partial charge on any atom is -0.465 e. The first-order valence-corrected chi connectivity index (χ1v) is 9.58. The van der Waals surface area contributed by atoms with Gasteiger partial charge in [-0.2, -0.15) is 0 Å². The molecule has 3 rings (SSSR count). The molecule has 2 aromatic heterocycles. The number of benzene rings is 1. The third kappa shape index (κ3) is 5.23. The molecule has 0 spiro atoms. The number of nitrogens with zero attached hydrogens (tertiary/aromatic N) is 2. The Morgan fingerprint density at radius 2 is 1.92 bits per heavy atom. The summed E-state index contributed by atoms with van der Waals surface area (Å²) in [7, 11) is 0. The third-order valence-corrected chi connectivity index (χ3v) is 4.87. The smallest absolute Gasteiger partial charge is 0.311 e. The van der Waals surface area contributed by atoms with Gasteiger partial charge in [0.15, 0.2) is 0 Å². The van der Waals surface area contributed by atoms with Crippen LogP contribution in [-0.4, -0.2) is 22.5 Å². The average molecular weight is 366 g/mol. The number of pyridine rings is 1. The fourth-order valence-electron chi connectivity index (χ4n) is 2.68. The van der Waals surface area contributed by atoms with Gasteiger partial charge in [-0.05, 0) is 44.9 Å². The van der Waals surface area contributed by atoms with Gasteiger partial charge < -0.3 is 4.74 Å². The number of hydrogen-bond acceptors (Lipinski definition) is 5. The first-order valence-electron chi connectivity index (χ1n) is 8.70. The molecule has 1 aromatic carbocycles. The van der Waals surface area contributed by atoms with Crippen molar-refractivity contribution in [2.24, 2.45) is 0 Å². The second-order valence-corrected chi connectivity index (χ2v) is 7.14. The minimum atomic E-state index is -0.233. The van der Waals surface area contributed by atoms with E-state index in [0.29, 0.717) is 6.61 Å².